The highest BCUT2D eigenvalue weighted by atomic mass is 35.5. The smallest absolute Gasteiger partial charge is 0.303 e. The van der Waals surface area contributed by atoms with Crippen LogP contribution in [0.25, 0.3) is 0 Å². The van der Waals surface area contributed by atoms with Crippen LogP contribution >= 0.6 is 11.6 Å². The predicted octanol–water partition coefficient (Wildman–Crippen LogP) is 4.40. The van der Waals surface area contributed by atoms with Gasteiger partial charge in [0.05, 0.1) is 36.6 Å². The Bertz CT molecular complexity index is 1500. The number of carbonyl (C=O) groups is 1. The van der Waals surface area contributed by atoms with Crippen molar-refractivity contribution in [1.82, 2.24) is 14.9 Å². The number of nitrogens with one attached hydrogen (secondary N) is 2. The number of halogens is 1. The molecule has 2 aromatic carbocycles. The lowest BCUT2D eigenvalue weighted by atomic mass is 10.2. The lowest BCUT2D eigenvalue weighted by molar-refractivity contribution is -0.137. The Balaban J connectivity index is 1.43. The second kappa shape index (κ2) is 13.9. The molecule has 4 rings (SSSR count). The highest BCUT2D eigenvalue weighted by Gasteiger charge is 2.20. The first-order chi connectivity index (χ1) is 20.0. The van der Waals surface area contributed by atoms with Gasteiger partial charge in [-0.3, -0.25) is 14.0 Å². The fraction of sp³-hybridized carbons (Fsp3) is 0.393. The normalized spacial score (nSPS) is 14.0. The Morgan fingerprint density at radius 3 is 2.52 bits per heavy atom. The van der Waals surface area contributed by atoms with Gasteiger partial charge in [-0.2, -0.15) is 4.98 Å². The lowest BCUT2D eigenvalue weighted by Crippen LogP contribution is -2.46. The van der Waals surface area contributed by atoms with E-state index < -0.39 is 16.0 Å². The molecule has 226 valence electrons. The van der Waals surface area contributed by atoms with Gasteiger partial charge in [-0.15, -0.1) is 0 Å². The number of aromatic nitrogens is 2. The van der Waals surface area contributed by atoms with E-state index in [9.17, 15) is 13.2 Å². The van der Waals surface area contributed by atoms with Gasteiger partial charge < -0.3 is 25.4 Å². The Labute approximate surface area is 251 Å². The minimum Gasteiger partial charge on any atom is -0.494 e. The minimum atomic E-state index is -3.48. The van der Waals surface area contributed by atoms with E-state index in [2.05, 4.69) is 30.4 Å². The monoisotopic (exact) mass is 617 g/mol. The third-order valence-electron chi connectivity index (χ3n) is 7.02. The maximum absolute atomic E-state index is 12.1. The summed E-state index contributed by atoms with van der Waals surface area (Å²) in [5.74, 6) is 0.460. The number of rotatable bonds is 13. The van der Waals surface area contributed by atoms with E-state index in [1.165, 1.54) is 17.5 Å². The SMILES string of the molecule is COc1cc(N2CCN(CCCCC(=O)O)CC2)ccc1Nc1ncc(Cl)c(Nc2ccccc2N(C)S(C)(=O)=O)n1. The van der Waals surface area contributed by atoms with Crippen LogP contribution in [-0.4, -0.2) is 87.5 Å². The van der Waals surface area contributed by atoms with Crippen molar-refractivity contribution in [2.75, 3.05) is 73.0 Å². The van der Waals surface area contributed by atoms with Gasteiger partial charge in [-0.25, -0.2) is 13.4 Å². The molecule has 0 bridgehead atoms. The van der Waals surface area contributed by atoms with Crippen molar-refractivity contribution in [3.63, 3.8) is 0 Å². The van der Waals surface area contributed by atoms with Gasteiger partial charge in [0.2, 0.25) is 16.0 Å². The number of hydrogen-bond donors (Lipinski definition) is 3. The van der Waals surface area contributed by atoms with Gasteiger partial charge in [-0.1, -0.05) is 23.7 Å². The lowest BCUT2D eigenvalue weighted by Gasteiger charge is -2.36. The number of anilines is 6. The van der Waals surface area contributed by atoms with E-state index in [1.54, 1.807) is 31.4 Å². The number of carboxylic acids is 1. The van der Waals surface area contributed by atoms with E-state index in [-0.39, 0.29) is 17.4 Å². The standard InChI is InChI=1S/C28H36ClN7O5S/c1-34(42(3,39)40)24-9-5-4-8-22(24)31-27-21(29)19-30-28(33-27)32-23-12-11-20(18-25(23)41-2)36-16-14-35(15-17-36)13-7-6-10-26(37)38/h4-5,8-9,11-12,18-19H,6-7,10,13-17H2,1-3H3,(H,37,38)(H2,30,31,32,33). The number of ether oxygens (including phenoxy) is 1. The van der Waals surface area contributed by atoms with Crippen molar-refractivity contribution in [1.29, 1.82) is 0 Å². The number of carboxylic acid groups (broad SMARTS) is 1. The summed E-state index contributed by atoms with van der Waals surface area (Å²) in [6, 6.07) is 12.9. The summed E-state index contributed by atoms with van der Waals surface area (Å²) in [5.41, 5.74) is 2.66. The van der Waals surface area contributed by atoms with Crippen molar-refractivity contribution in [3.8, 4) is 5.75 Å². The van der Waals surface area contributed by atoms with Crippen LogP contribution in [-0.2, 0) is 14.8 Å². The van der Waals surface area contributed by atoms with Gasteiger partial charge in [0.15, 0.2) is 5.82 Å². The van der Waals surface area contributed by atoms with Crippen molar-refractivity contribution in [3.05, 3.63) is 53.7 Å². The average molecular weight is 618 g/mol. The Hall–Kier alpha value is -3.81. The molecule has 12 nitrogen and oxygen atoms in total. The van der Waals surface area contributed by atoms with Crippen LogP contribution in [0.1, 0.15) is 19.3 Å². The molecule has 0 amide bonds. The van der Waals surface area contributed by atoms with Gasteiger partial charge in [-0.05, 0) is 43.7 Å². The summed E-state index contributed by atoms with van der Waals surface area (Å²) in [4.78, 5) is 24.2. The van der Waals surface area contributed by atoms with Crippen molar-refractivity contribution in [2.45, 2.75) is 19.3 Å². The second-order valence-electron chi connectivity index (χ2n) is 9.95. The summed E-state index contributed by atoms with van der Waals surface area (Å²) in [6.07, 6.45) is 4.40. The summed E-state index contributed by atoms with van der Waals surface area (Å²) < 4.78 is 31.1. The Morgan fingerprint density at radius 2 is 1.83 bits per heavy atom. The van der Waals surface area contributed by atoms with E-state index >= 15 is 0 Å². The quantitative estimate of drug-likeness (QED) is 0.235. The number of nitrogens with zero attached hydrogens (tertiary/aromatic N) is 5. The zero-order chi connectivity index (χ0) is 30.3. The maximum Gasteiger partial charge on any atom is 0.303 e. The molecule has 1 aliphatic heterocycles. The summed E-state index contributed by atoms with van der Waals surface area (Å²) in [6.45, 7) is 4.45. The third-order valence-corrected chi connectivity index (χ3v) is 8.49. The van der Waals surface area contributed by atoms with E-state index in [0.717, 1.165) is 51.1 Å². The molecule has 0 atom stereocenters. The molecule has 1 aromatic heterocycles. The molecule has 3 aromatic rings. The molecule has 0 unspecified atom stereocenters. The molecule has 1 saturated heterocycles. The molecule has 3 N–H and O–H groups in total. The van der Waals surface area contributed by atoms with Gasteiger partial charge in [0, 0.05) is 51.4 Å². The maximum atomic E-state index is 12.1. The van der Waals surface area contributed by atoms with Crippen molar-refractivity contribution in [2.24, 2.45) is 0 Å². The van der Waals surface area contributed by atoms with Crippen LogP contribution in [0.4, 0.5) is 34.5 Å². The van der Waals surface area contributed by atoms with Crippen LogP contribution in [0, 0.1) is 0 Å². The molecular weight excluding hydrogens is 582 g/mol. The van der Waals surface area contributed by atoms with E-state index in [4.69, 9.17) is 21.4 Å². The number of sulfonamides is 1. The molecule has 1 aliphatic rings. The summed E-state index contributed by atoms with van der Waals surface area (Å²) in [7, 11) is -0.403. The van der Waals surface area contributed by atoms with Crippen LogP contribution in [0.15, 0.2) is 48.7 Å². The fourth-order valence-corrected chi connectivity index (χ4v) is 5.27. The predicted molar refractivity (Wildman–Crippen MR) is 166 cm³/mol. The number of para-hydroxylation sites is 2. The molecule has 0 aliphatic carbocycles. The van der Waals surface area contributed by atoms with Gasteiger partial charge in [0.1, 0.15) is 10.8 Å². The largest absolute Gasteiger partial charge is 0.494 e. The molecule has 42 heavy (non-hydrogen) atoms. The first kappa shape index (κ1) is 31.1. The highest BCUT2D eigenvalue weighted by molar-refractivity contribution is 7.92. The molecule has 14 heteroatoms. The number of unbranched alkanes of at least 4 members (excludes halogenated alkanes) is 1. The Morgan fingerprint density at radius 1 is 1.10 bits per heavy atom. The van der Waals surface area contributed by atoms with Crippen LogP contribution in [0.3, 0.4) is 0 Å². The van der Waals surface area contributed by atoms with Crippen molar-refractivity contribution < 1.29 is 23.1 Å². The number of piperazine rings is 1. The highest BCUT2D eigenvalue weighted by Crippen LogP contribution is 2.34. The molecule has 0 saturated carbocycles. The molecule has 0 spiro atoms. The van der Waals surface area contributed by atoms with E-state index in [1.807, 2.05) is 18.2 Å². The van der Waals surface area contributed by atoms with Crippen LogP contribution in [0.5, 0.6) is 5.75 Å². The second-order valence-corrected chi connectivity index (χ2v) is 12.4. The van der Waals surface area contributed by atoms with E-state index in [0.29, 0.717) is 35.1 Å². The molecular formula is C28H36ClN7O5S. The number of aliphatic carboxylic acids is 1. The third kappa shape index (κ3) is 8.14. The summed E-state index contributed by atoms with van der Waals surface area (Å²) in [5, 5.41) is 15.4. The topological polar surface area (TPSA) is 140 Å². The molecule has 2 heterocycles. The number of benzene rings is 2. The fourth-order valence-electron chi connectivity index (χ4n) is 4.62. The average Bonchev–Trinajstić information content (AvgIpc) is 2.97. The number of hydrogen-bond acceptors (Lipinski definition) is 10. The summed E-state index contributed by atoms with van der Waals surface area (Å²) >= 11 is 6.39. The van der Waals surface area contributed by atoms with Crippen LogP contribution in [0.2, 0.25) is 5.02 Å². The Kier molecular flexibility index (Phi) is 10.3. The molecule has 1 fully saturated rings. The van der Waals surface area contributed by atoms with Gasteiger partial charge >= 0.3 is 5.97 Å². The molecule has 0 radical (unpaired) electrons. The van der Waals surface area contributed by atoms with Crippen molar-refractivity contribution >= 4 is 62.1 Å². The zero-order valence-electron chi connectivity index (χ0n) is 23.9. The first-order valence-electron chi connectivity index (χ1n) is 13.5. The zero-order valence-corrected chi connectivity index (χ0v) is 25.5. The van der Waals surface area contributed by atoms with Crippen LogP contribution < -0.4 is 24.6 Å². The number of methoxy groups -OCH3 is 1. The minimum absolute atomic E-state index is 0.218. The first-order valence-corrected chi connectivity index (χ1v) is 15.7. The van der Waals surface area contributed by atoms with Gasteiger partial charge in [0.25, 0.3) is 0 Å².